The average Bonchev–Trinajstić information content (AvgIpc) is 2.45. The van der Waals surface area contributed by atoms with Gasteiger partial charge in [-0.3, -0.25) is 14.5 Å². The molecule has 1 fully saturated rings. The Kier molecular flexibility index (Phi) is 8.42. The summed E-state index contributed by atoms with van der Waals surface area (Å²) in [5.74, 6) is -0.202. The quantitative estimate of drug-likeness (QED) is 0.698. The van der Waals surface area contributed by atoms with Crippen LogP contribution in [-0.2, 0) is 14.3 Å². The maximum Gasteiger partial charge on any atom is 0.311 e. The van der Waals surface area contributed by atoms with E-state index in [2.05, 4.69) is 37.9 Å². The normalized spacial score (nSPS) is 16.1. The zero-order valence-electron chi connectivity index (χ0n) is 14.4. The Morgan fingerprint density at radius 3 is 2.14 bits per heavy atom. The topological polar surface area (TPSA) is 61.9 Å². The van der Waals surface area contributed by atoms with Crippen molar-refractivity contribution in [2.24, 2.45) is 11.8 Å². The van der Waals surface area contributed by atoms with E-state index < -0.39 is 11.8 Å². The van der Waals surface area contributed by atoms with Gasteiger partial charge < -0.3 is 15.0 Å². The minimum atomic E-state index is -0.491. The molecule has 0 aromatic carbocycles. The van der Waals surface area contributed by atoms with Crippen molar-refractivity contribution >= 4 is 11.8 Å². The lowest BCUT2D eigenvalue weighted by atomic mass is 10.1. The van der Waals surface area contributed by atoms with Crippen molar-refractivity contribution in [3.05, 3.63) is 0 Å². The van der Waals surface area contributed by atoms with Gasteiger partial charge in [0.1, 0.15) is 0 Å². The van der Waals surface area contributed by atoms with Gasteiger partial charge in [0.15, 0.2) is 0 Å². The summed E-state index contributed by atoms with van der Waals surface area (Å²) in [4.78, 5) is 28.2. The van der Waals surface area contributed by atoms with Gasteiger partial charge in [0, 0.05) is 39.3 Å². The van der Waals surface area contributed by atoms with Gasteiger partial charge >= 0.3 is 11.8 Å². The van der Waals surface area contributed by atoms with Crippen molar-refractivity contribution in [2.45, 2.75) is 27.7 Å². The van der Waals surface area contributed by atoms with Crippen LogP contribution in [0.25, 0.3) is 0 Å². The van der Waals surface area contributed by atoms with Gasteiger partial charge in [-0.15, -0.1) is 0 Å². The van der Waals surface area contributed by atoms with Gasteiger partial charge in [-0.1, -0.05) is 27.7 Å². The van der Waals surface area contributed by atoms with E-state index in [1.54, 1.807) is 4.90 Å². The number of hydrogen-bond acceptors (Lipinski definition) is 4. The largest absolute Gasteiger partial charge is 0.379 e. The molecule has 0 saturated carbocycles. The molecular weight excluding hydrogens is 282 g/mol. The first-order valence-corrected chi connectivity index (χ1v) is 8.27. The minimum Gasteiger partial charge on any atom is -0.379 e. The van der Waals surface area contributed by atoms with Gasteiger partial charge in [-0.05, 0) is 11.8 Å². The van der Waals surface area contributed by atoms with Gasteiger partial charge in [-0.2, -0.15) is 0 Å². The molecule has 1 N–H and O–H groups in total. The Labute approximate surface area is 134 Å². The van der Waals surface area contributed by atoms with Crippen LogP contribution < -0.4 is 5.32 Å². The number of ether oxygens (including phenoxy) is 1. The van der Waals surface area contributed by atoms with Gasteiger partial charge in [-0.25, -0.2) is 0 Å². The maximum absolute atomic E-state index is 12.3. The van der Waals surface area contributed by atoms with Crippen LogP contribution in [0, 0.1) is 11.8 Å². The number of nitrogens with zero attached hydrogens (tertiary/aromatic N) is 2. The fraction of sp³-hybridized carbons (Fsp3) is 0.875. The van der Waals surface area contributed by atoms with Crippen LogP contribution in [0.5, 0.6) is 0 Å². The number of rotatable bonds is 7. The Hall–Kier alpha value is -1.14. The van der Waals surface area contributed by atoms with Crippen LogP contribution in [0.3, 0.4) is 0 Å². The first-order chi connectivity index (χ1) is 10.4. The Bertz CT molecular complexity index is 343. The van der Waals surface area contributed by atoms with Gasteiger partial charge in [0.2, 0.25) is 0 Å². The van der Waals surface area contributed by atoms with E-state index in [0.717, 1.165) is 32.8 Å². The highest BCUT2D eigenvalue weighted by Crippen LogP contribution is 2.04. The van der Waals surface area contributed by atoms with Crippen LogP contribution in [0.4, 0.5) is 0 Å². The summed E-state index contributed by atoms with van der Waals surface area (Å²) in [5, 5.41) is 2.74. The summed E-state index contributed by atoms with van der Waals surface area (Å²) in [6.45, 7) is 14.0. The molecular formula is C16H31N3O3. The molecule has 1 aliphatic rings. The van der Waals surface area contributed by atoms with Crippen molar-refractivity contribution in [1.29, 1.82) is 0 Å². The number of hydrogen-bond donors (Lipinski definition) is 1. The van der Waals surface area contributed by atoms with E-state index >= 15 is 0 Å². The second-order valence-corrected chi connectivity index (χ2v) is 6.71. The molecule has 1 rings (SSSR count). The molecule has 2 amide bonds. The first-order valence-electron chi connectivity index (χ1n) is 8.27. The molecule has 0 aromatic rings. The molecule has 0 bridgehead atoms. The molecule has 0 aliphatic carbocycles. The van der Waals surface area contributed by atoms with E-state index in [9.17, 15) is 9.59 Å². The number of morpholine rings is 1. The number of amides is 2. The number of nitrogens with one attached hydrogen (secondary N) is 1. The predicted octanol–water partition coefficient (Wildman–Crippen LogP) is 0.575. The molecule has 128 valence electrons. The van der Waals surface area contributed by atoms with Crippen LogP contribution in [0.15, 0.2) is 0 Å². The third kappa shape index (κ3) is 7.22. The van der Waals surface area contributed by atoms with Crippen LogP contribution >= 0.6 is 0 Å². The summed E-state index contributed by atoms with van der Waals surface area (Å²) in [6.07, 6.45) is 0. The summed E-state index contributed by atoms with van der Waals surface area (Å²) < 4.78 is 5.28. The summed E-state index contributed by atoms with van der Waals surface area (Å²) in [5.41, 5.74) is 0. The first kappa shape index (κ1) is 18.9. The molecule has 6 nitrogen and oxygen atoms in total. The molecule has 1 saturated heterocycles. The third-order valence-electron chi connectivity index (χ3n) is 3.47. The highest BCUT2D eigenvalue weighted by Gasteiger charge is 2.23. The third-order valence-corrected chi connectivity index (χ3v) is 3.47. The lowest BCUT2D eigenvalue weighted by molar-refractivity contribution is -0.146. The lowest BCUT2D eigenvalue weighted by Gasteiger charge is -2.27. The molecule has 0 spiro atoms. The van der Waals surface area contributed by atoms with Gasteiger partial charge in [0.05, 0.1) is 13.2 Å². The number of carbonyl (C=O) groups excluding carboxylic acids is 2. The lowest BCUT2D eigenvalue weighted by Crippen LogP contribution is -2.48. The van der Waals surface area contributed by atoms with Gasteiger partial charge in [0.25, 0.3) is 0 Å². The average molecular weight is 313 g/mol. The Morgan fingerprint density at radius 2 is 1.64 bits per heavy atom. The van der Waals surface area contributed by atoms with Crippen molar-refractivity contribution < 1.29 is 14.3 Å². The summed E-state index contributed by atoms with van der Waals surface area (Å²) in [7, 11) is 0. The molecule has 0 radical (unpaired) electrons. The molecule has 1 aliphatic heterocycles. The van der Waals surface area contributed by atoms with E-state index in [-0.39, 0.29) is 0 Å². The van der Waals surface area contributed by atoms with Crippen LogP contribution in [0.1, 0.15) is 27.7 Å². The van der Waals surface area contributed by atoms with E-state index in [0.29, 0.717) is 31.5 Å². The maximum atomic E-state index is 12.3. The Morgan fingerprint density at radius 1 is 1.09 bits per heavy atom. The monoisotopic (exact) mass is 313 g/mol. The van der Waals surface area contributed by atoms with Crippen molar-refractivity contribution in [1.82, 2.24) is 15.1 Å². The van der Waals surface area contributed by atoms with E-state index in [4.69, 9.17) is 4.74 Å². The van der Waals surface area contributed by atoms with Crippen LogP contribution in [0.2, 0.25) is 0 Å². The fourth-order valence-electron chi connectivity index (χ4n) is 2.49. The summed E-state index contributed by atoms with van der Waals surface area (Å²) in [6, 6.07) is 0. The second kappa shape index (κ2) is 9.79. The molecule has 0 atom stereocenters. The van der Waals surface area contributed by atoms with Crippen molar-refractivity contribution in [2.75, 3.05) is 52.5 Å². The molecule has 0 aromatic heterocycles. The van der Waals surface area contributed by atoms with Crippen molar-refractivity contribution in [3.63, 3.8) is 0 Å². The highest BCUT2D eigenvalue weighted by atomic mass is 16.5. The zero-order valence-corrected chi connectivity index (χ0v) is 14.4. The molecule has 6 heteroatoms. The molecule has 0 unspecified atom stereocenters. The molecule has 1 heterocycles. The fourth-order valence-corrected chi connectivity index (χ4v) is 2.49. The number of carbonyl (C=O) groups is 2. The summed E-state index contributed by atoms with van der Waals surface area (Å²) >= 11 is 0. The van der Waals surface area contributed by atoms with E-state index in [1.165, 1.54) is 0 Å². The minimum absolute atomic E-state index is 0.351. The van der Waals surface area contributed by atoms with Crippen molar-refractivity contribution in [3.8, 4) is 0 Å². The molecule has 22 heavy (non-hydrogen) atoms. The predicted molar refractivity (Wildman–Crippen MR) is 86.5 cm³/mol. The van der Waals surface area contributed by atoms with E-state index in [1.807, 2.05) is 0 Å². The highest BCUT2D eigenvalue weighted by molar-refractivity contribution is 6.35. The standard InChI is InChI=1S/C16H31N3O3/c1-13(2)11-19(12-14(3)4)16(21)15(20)17-5-6-18-7-9-22-10-8-18/h13-14H,5-12H2,1-4H3,(H,17,20). The van der Waals surface area contributed by atoms with Crippen LogP contribution in [-0.4, -0.2) is 74.1 Å². The SMILES string of the molecule is CC(C)CN(CC(C)C)C(=O)C(=O)NCCN1CCOCC1. The Balaban J connectivity index is 2.38. The smallest absolute Gasteiger partial charge is 0.311 e. The zero-order chi connectivity index (χ0) is 16.5. The second-order valence-electron chi connectivity index (χ2n) is 6.71.